The Hall–Kier alpha value is -7.56. The van der Waals surface area contributed by atoms with Gasteiger partial charge >= 0.3 is 0 Å². The van der Waals surface area contributed by atoms with Gasteiger partial charge in [-0.15, -0.1) is 0 Å². The van der Waals surface area contributed by atoms with E-state index in [1.54, 1.807) is 0 Å². The van der Waals surface area contributed by atoms with Gasteiger partial charge in [-0.25, -0.2) is 0 Å². The molecule has 0 atom stereocenters. The molecule has 4 nitrogen and oxygen atoms in total. The Morgan fingerprint density at radius 3 is 1.66 bits per heavy atom. The molecule has 0 bridgehead atoms. The lowest BCUT2D eigenvalue weighted by Crippen LogP contribution is -2.18. The third-order valence-corrected chi connectivity index (χ3v) is 14.6. The van der Waals surface area contributed by atoms with Crippen LogP contribution < -0.4 is 14.5 Å². The first kappa shape index (κ1) is 43.0. The van der Waals surface area contributed by atoms with Crippen LogP contribution in [0.3, 0.4) is 0 Å². The largest absolute Gasteiger partial charge is 0.455 e. The molecule has 68 heavy (non-hydrogen) atoms. The molecule has 4 heteroatoms. The number of nitrogens with zero attached hydrogens (tertiary/aromatic N) is 2. The third-order valence-electron chi connectivity index (χ3n) is 14.6. The average Bonchev–Trinajstić information content (AvgIpc) is 3.75. The normalized spacial score (nSPS) is 13.9. The second kappa shape index (κ2) is 16.3. The first-order valence-corrected chi connectivity index (χ1v) is 24.1. The van der Waals surface area contributed by atoms with Crippen LogP contribution in [-0.4, -0.2) is 0 Å². The molecule has 1 aromatic heterocycles. The van der Waals surface area contributed by atoms with E-state index in [0.29, 0.717) is 5.76 Å². The smallest absolute Gasteiger partial charge is 0.159 e. The van der Waals surface area contributed by atoms with E-state index < -0.39 is 0 Å². The van der Waals surface area contributed by atoms with E-state index in [2.05, 4.69) is 242 Å². The van der Waals surface area contributed by atoms with Crippen LogP contribution in [0, 0.1) is 19.3 Å². The highest BCUT2D eigenvalue weighted by atomic mass is 16.5. The molecule has 0 spiro atoms. The Kier molecular flexibility index (Phi) is 10.3. The summed E-state index contributed by atoms with van der Waals surface area (Å²) in [5.41, 5.74) is 13.7. The summed E-state index contributed by atoms with van der Waals surface area (Å²) in [4.78, 5) is 4.84. The SMILES string of the molecule is C=C1Oc2c(cccc2N(c2ccccc2C)c2ccc3ccc4c(N(c5ccccc5C)c5cccc6c5oc5c(C(C)(C)C)cccc56)ccc5ccc2c3c54)C/C=C\C=C1C(C)(C)CC. The van der Waals surface area contributed by atoms with E-state index in [-0.39, 0.29) is 10.8 Å². The van der Waals surface area contributed by atoms with Gasteiger partial charge < -0.3 is 19.0 Å². The molecule has 9 aromatic carbocycles. The van der Waals surface area contributed by atoms with Gasteiger partial charge in [0.1, 0.15) is 11.3 Å². The number of para-hydroxylation sites is 5. The maximum atomic E-state index is 7.09. The van der Waals surface area contributed by atoms with Gasteiger partial charge in [0.2, 0.25) is 0 Å². The number of aryl methyl sites for hydroxylation is 2. The maximum absolute atomic E-state index is 7.09. The number of furan rings is 1. The highest BCUT2D eigenvalue weighted by Crippen LogP contribution is 2.52. The van der Waals surface area contributed by atoms with E-state index >= 15 is 0 Å². The van der Waals surface area contributed by atoms with Crippen LogP contribution in [0.5, 0.6) is 5.75 Å². The van der Waals surface area contributed by atoms with Gasteiger partial charge in [0.05, 0.1) is 22.7 Å². The Balaban J connectivity index is 1.16. The fourth-order valence-corrected chi connectivity index (χ4v) is 10.6. The van der Waals surface area contributed by atoms with Crippen LogP contribution in [-0.2, 0) is 11.8 Å². The molecule has 1 aliphatic rings. The molecule has 0 fully saturated rings. The number of hydrogen-bond donors (Lipinski definition) is 0. The molecular formula is C64H58N2O2. The Morgan fingerprint density at radius 1 is 0.529 bits per heavy atom. The summed E-state index contributed by atoms with van der Waals surface area (Å²) in [6.07, 6.45) is 8.27. The summed E-state index contributed by atoms with van der Waals surface area (Å²) < 4.78 is 14.2. The van der Waals surface area contributed by atoms with E-state index in [9.17, 15) is 0 Å². The zero-order valence-electron chi connectivity index (χ0n) is 40.5. The Morgan fingerprint density at radius 2 is 1.06 bits per heavy atom. The first-order valence-electron chi connectivity index (χ1n) is 24.1. The number of ether oxygens (including phenoxy) is 1. The molecule has 2 heterocycles. The van der Waals surface area contributed by atoms with Crippen molar-refractivity contribution in [2.45, 2.75) is 73.6 Å². The standard InChI is InChI=1S/C64H58N2O2/c1-10-64(8,9)50-26-14-13-22-45-23-17-30-56(60(45)67-42(50)4)65(52-28-15-11-20-40(52)2)54-38-34-43-33-37-49-55(39-35-44-32-36-48(54)58(43)59(44)49)66(53-29-16-12-21-41(53)3)57-31-19-25-47-46-24-18-27-51(63(5,6)7)61(46)68-62(47)57/h11-21,23-39H,4,10,22H2,1-3,5-9H3/b14-13-,50-26?. The minimum atomic E-state index is -0.120. The minimum Gasteiger partial charge on any atom is -0.455 e. The molecule has 336 valence electrons. The first-order chi connectivity index (χ1) is 32.8. The van der Waals surface area contributed by atoms with E-state index in [1.165, 1.54) is 32.7 Å². The lowest BCUT2D eigenvalue weighted by atomic mass is 9.80. The number of benzene rings is 9. The predicted octanol–water partition coefficient (Wildman–Crippen LogP) is 18.7. The molecule has 0 radical (unpaired) electrons. The van der Waals surface area contributed by atoms with Crippen molar-refractivity contribution < 1.29 is 9.15 Å². The van der Waals surface area contributed by atoms with Gasteiger partial charge in [0.25, 0.3) is 0 Å². The lowest BCUT2D eigenvalue weighted by Gasteiger charge is -2.32. The third kappa shape index (κ3) is 6.96. The van der Waals surface area contributed by atoms with Crippen LogP contribution in [0.15, 0.2) is 192 Å². The van der Waals surface area contributed by atoms with Gasteiger partial charge in [-0.3, -0.25) is 0 Å². The molecular weight excluding hydrogens is 829 g/mol. The van der Waals surface area contributed by atoms with Crippen LogP contribution in [0.4, 0.5) is 34.1 Å². The molecule has 11 rings (SSSR count). The summed E-state index contributed by atoms with van der Waals surface area (Å²) in [7, 11) is 0. The van der Waals surface area contributed by atoms with Gasteiger partial charge in [-0.1, -0.05) is 182 Å². The van der Waals surface area contributed by atoms with Crippen molar-refractivity contribution in [3.63, 3.8) is 0 Å². The molecule has 1 aliphatic heterocycles. The van der Waals surface area contributed by atoms with Crippen molar-refractivity contribution in [3.8, 4) is 5.75 Å². The monoisotopic (exact) mass is 886 g/mol. The van der Waals surface area contributed by atoms with Crippen molar-refractivity contribution >= 4 is 88.4 Å². The molecule has 0 amide bonds. The average molecular weight is 887 g/mol. The van der Waals surface area contributed by atoms with Gasteiger partial charge in [0, 0.05) is 44.0 Å². The predicted molar refractivity (Wildman–Crippen MR) is 290 cm³/mol. The quantitative estimate of drug-likeness (QED) is 0.142. The molecule has 10 aromatic rings. The number of fused-ring (bicyclic) bond motifs is 4. The second-order valence-electron chi connectivity index (χ2n) is 20.3. The van der Waals surface area contributed by atoms with E-state index in [4.69, 9.17) is 9.15 Å². The van der Waals surface area contributed by atoms with Crippen molar-refractivity contribution in [1.82, 2.24) is 0 Å². The summed E-state index contributed by atoms with van der Waals surface area (Å²) in [6, 6.07) is 55.5. The van der Waals surface area contributed by atoms with Crippen molar-refractivity contribution in [2.24, 2.45) is 5.41 Å². The molecule has 0 saturated carbocycles. The molecule has 0 unspecified atom stereocenters. The zero-order valence-corrected chi connectivity index (χ0v) is 40.5. The Bertz CT molecular complexity index is 3690. The topological polar surface area (TPSA) is 28.9 Å². The number of rotatable bonds is 8. The van der Waals surface area contributed by atoms with Gasteiger partial charge in [-0.05, 0) is 112 Å². The van der Waals surface area contributed by atoms with Crippen LogP contribution in [0.25, 0.3) is 54.3 Å². The fourth-order valence-electron chi connectivity index (χ4n) is 10.6. The highest BCUT2D eigenvalue weighted by molar-refractivity contribution is 6.28. The fraction of sp³-hybridized carbons (Fsp3) is 0.188. The minimum absolute atomic E-state index is 0.0907. The summed E-state index contributed by atoms with van der Waals surface area (Å²) in [5.74, 6) is 1.50. The number of allylic oxidation sites excluding steroid dienone is 4. The van der Waals surface area contributed by atoms with Crippen molar-refractivity contribution in [3.05, 3.63) is 210 Å². The van der Waals surface area contributed by atoms with E-state index in [1.807, 2.05) is 0 Å². The van der Waals surface area contributed by atoms with Crippen LogP contribution >= 0.6 is 0 Å². The van der Waals surface area contributed by atoms with Crippen LogP contribution in [0.1, 0.15) is 70.2 Å². The summed E-state index contributed by atoms with van der Waals surface area (Å²) in [5, 5.41) is 9.38. The maximum Gasteiger partial charge on any atom is 0.159 e. The van der Waals surface area contributed by atoms with E-state index in [0.717, 1.165) is 102 Å². The summed E-state index contributed by atoms with van der Waals surface area (Å²) >= 11 is 0. The van der Waals surface area contributed by atoms with Crippen molar-refractivity contribution in [1.29, 1.82) is 0 Å². The zero-order chi connectivity index (χ0) is 47.1. The Labute approximate surface area is 400 Å². The van der Waals surface area contributed by atoms with Gasteiger partial charge in [0.15, 0.2) is 11.3 Å². The van der Waals surface area contributed by atoms with Gasteiger partial charge in [-0.2, -0.15) is 0 Å². The molecule has 0 N–H and O–H groups in total. The molecule has 0 saturated heterocycles. The number of anilines is 6. The van der Waals surface area contributed by atoms with Crippen molar-refractivity contribution in [2.75, 3.05) is 9.80 Å². The van der Waals surface area contributed by atoms with Crippen LogP contribution in [0.2, 0.25) is 0 Å². The highest BCUT2D eigenvalue weighted by Gasteiger charge is 2.30. The lowest BCUT2D eigenvalue weighted by molar-refractivity contribution is 0.366. The summed E-state index contributed by atoms with van der Waals surface area (Å²) in [6.45, 7) is 22.5. The number of hydrogen-bond acceptors (Lipinski definition) is 4. The molecule has 0 aliphatic carbocycles. The second-order valence-corrected chi connectivity index (χ2v) is 20.3.